The number of amides is 1. The van der Waals surface area contributed by atoms with E-state index in [9.17, 15) is 9.59 Å². The van der Waals surface area contributed by atoms with Crippen LogP contribution in [0.4, 0.5) is 5.13 Å². The van der Waals surface area contributed by atoms with Gasteiger partial charge in [0.25, 0.3) is 5.91 Å². The molecule has 152 valence electrons. The molecule has 0 spiro atoms. The average Bonchev–Trinajstić information content (AvgIpc) is 3.47. The number of anilines is 1. The normalized spacial score (nSPS) is 14.0. The van der Waals surface area contributed by atoms with Gasteiger partial charge in [-0.3, -0.25) is 14.5 Å². The van der Waals surface area contributed by atoms with Gasteiger partial charge in [0.2, 0.25) is 0 Å². The Morgan fingerprint density at radius 2 is 1.77 bits per heavy atom. The molecule has 4 rings (SSSR count). The quantitative estimate of drug-likeness (QED) is 0.396. The third-order valence-corrected chi connectivity index (χ3v) is 6.06. The van der Waals surface area contributed by atoms with Crippen LogP contribution in [-0.2, 0) is 19.7 Å². The summed E-state index contributed by atoms with van der Waals surface area (Å²) in [7, 11) is 0. The van der Waals surface area contributed by atoms with Crippen molar-refractivity contribution in [2.45, 2.75) is 18.3 Å². The second-order valence-electron chi connectivity index (χ2n) is 7.20. The molecule has 1 aromatic heterocycles. The number of nitrogens with zero attached hydrogens (tertiary/aromatic N) is 2. The fourth-order valence-corrected chi connectivity index (χ4v) is 4.24. The number of hydrogen-bond acceptors (Lipinski definition) is 5. The zero-order valence-corrected chi connectivity index (χ0v) is 17.3. The summed E-state index contributed by atoms with van der Waals surface area (Å²) in [5.41, 5.74) is 2.12. The fourth-order valence-electron chi connectivity index (χ4n) is 3.38. The van der Waals surface area contributed by atoms with Crippen molar-refractivity contribution in [1.29, 1.82) is 0 Å². The average molecular weight is 419 g/mol. The van der Waals surface area contributed by atoms with Crippen LogP contribution in [0.25, 0.3) is 11.3 Å². The molecule has 1 aliphatic carbocycles. The number of rotatable bonds is 8. The summed E-state index contributed by atoms with van der Waals surface area (Å²) < 4.78 is 5.44. The summed E-state index contributed by atoms with van der Waals surface area (Å²) in [6.07, 6.45) is 3.12. The lowest BCUT2D eigenvalue weighted by Gasteiger charge is -2.19. The number of carbonyl (C=O) groups is 2. The van der Waals surface area contributed by atoms with Crippen molar-refractivity contribution in [3.05, 3.63) is 84.3 Å². The van der Waals surface area contributed by atoms with E-state index in [2.05, 4.69) is 11.6 Å². The maximum Gasteiger partial charge on any atom is 0.317 e. The molecule has 3 aromatic rings. The number of benzene rings is 2. The van der Waals surface area contributed by atoms with Crippen molar-refractivity contribution >= 4 is 28.3 Å². The lowest BCUT2D eigenvalue weighted by atomic mass is 9.96. The van der Waals surface area contributed by atoms with Crippen LogP contribution < -0.4 is 4.90 Å². The molecule has 2 aromatic carbocycles. The van der Waals surface area contributed by atoms with Crippen molar-refractivity contribution in [2.24, 2.45) is 0 Å². The first-order valence-corrected chi connectivity index (χ1v) is 10.7. The Balaban J connectivity index is 1.44. The van der Waals surface area contributed by atoms with E-state index in [-0.39, 0.29) is 18.5 Å². The fraction of sp³-hybridized carbons (Fsp3) is 0.208. The van der Waals surface area contributed by atoms with E-state index in [1.807, 2.05) is 66.0 Å². The largest absolute Gasteiger partial charge is 0.455 e. The van der Waals surface area contributed by atoms with Gasteiger partial charge in [-0.05, 0) is 18.4 Å². The van der Waals surface area contributed by atoms with E-state index >= 15 is 0 Å². The molecule has 0 bridgehead atoms. The molecule has 5 nitrogen and oxygen atoms in total. The Kier molecular flexibility index (Phi) is 5.77. The minimum Gasteiger partial charge on any atom is -0.455 e. The highest BCUT2D eigenvalue weighted by Gasteiger charge is 2.52. The zero-order chi connectivity index (χ0) is 21.0. The van der Waals surface area contributed by atoms with E-state index in [0.29, 0.717) is 11.7 Å². The summed E-state index contributed by atoms with van der Waals surface area (Å²) in [6.45, 7) is 3.71. The molecule has 1 saturated carbocycles. The van der Waals surface area contributed by atoms with Gasteiger partial charge in [0, 0.05) is 17.5 Å². The van der Waals surface area contributed by atoms with Crippen molar-refractivity contribution in [2.75, 3.05) is 18.1 Å². The Bertz CT molecular complexity index is 1040. The highest BCUT2D eigenvalue weighted by atomic mass is 32.1. The Labute approximate surface area is 179 Å². The van der Waals surface area contributed by atoms with Crippen LogP contribution in [0.15, 0.2) is 78.7 Å². The number of hydrogen-bond donors (Lipinski definition) is 0. The Morgan fingerprint density at radius 3 is 2.40 bits per heavy atom. The summed E-state index contributed by atoms with van der Waals surface area (Å²) >= 11 is 1.38. The smallest absolute Gasteiger partial charge is 0.317 e. The van der Waals surface area contributed by atoms with E-state index in [0.717, 1.165) is 29.7 Å². The molecule has 6 heteroatoms. The van der Waals surface area contributed by atoms with Crippen LogP contribution in [0.5, 0.6) is 0 Å². The SMILES string of the molecule is C=CCN(C(=O)COC(=O)C1(c2ccccc2)CC1)c1nc(-c2ccccc2)cs1. The van der Waals surface area contributed by atoms with E-state index in [1.54, 1.807) is 6.08 Å². The molecule has 0 radical (unpaired) electrons. The van der Waals surface area contributed by atoms with E-state index in [4.69, 9.17) is 4.74 Å². The molecular formula is C24H22N2O3S. The van der Waals surface area contributed by atoms with Crippen molar-refractivity contribution in [3.8, 4) is 11.3 Å². The molecule has 0 saturated heterocycles. The zero-order valence-electron chi connectivity index (χ0n) is 16.5. The van der Waals surface area contributed by atoms with Gasteiger partial charge in [-0.2, -0.15) is 0 Å². The first-order chi connectivity index (χ1) is 14.6. The maximum absolute atomic E-state index is 12.8. The van der Waals surface area contributed by atoms with Gasteiger partial charge < -0.3 is 4.74 Å². The second-order valence-corrected chi connectivity index (χ2v) is 8.04. The second kappa shape index (κ2) is 8.63. The number of ether oxygens (including phenoxy) is 1. The number of esters is 1. The van der Waals surface area contributed by atoms with Gasteiger partial charge >= 0.3 is 5.97 Å². The predicted octanol–water partition coefficient (Wildman–Crippen LogP) is 4.60. The Morgan fingerprint density at radius 1 is 1.10 bits per heavy atom. The van der Waals surface area contributed by atoms with Crippen LogP contribution in [-0.4, -0.2) is 30.0 Å². The lowest BCUT2D eigenvalue weighted by Crippen LogP contribution is -2.36. The molecule has 1 fully saturated rings. The van der Waals surface area contributed by atoms with Gasteiger partial charge in [-0.15, -0.1) is 17.9 Å². The standard InChI is InChI=1S/C24H22N2O3S/c1-2-15-26(23-25-20(17-30-23)18-9-5-3-6-10-18)21(27)16-29-22(28)24(13-14-24)19-11-7-4-8-12-19/h2-12,17H,1,13-16H2. The highest BCUT2D eigenvalue weighted by Crippen LogP contribution is 2.49. The Hall–Kier alpha value is -3.25. The van der Waals surface area contributed by atoms with Crippen LogP contribution >= 0.6 is 11.3 Å². The number of thiazole rings is 1. The van der Waals surface area contributed by atoms with Crippen molar-refractivity contribution in [3.63, 3.8) is 0 Å². The highest BCUT2D eigenvalue weighted by molar-refractivity contribution is 7.14. The number of aromatic nitrogens is 1. The summed E-state index contributed by atoms with van der Waals surface area (Å²) in [4.78, 5) is 31.6. The van der Waals surface area contributed by atoms with E-state index in [1.165, 1.54) is 16.2 Å². The van der Waals surface area contributed by atoms with Crippen molar-refractivity contribution < 1.29 is 14.3 Å². The molecule has 0 unspecified atom stereocenters. The predicted molar refractivity (Wildman–Crippen MR) is 118 cm³/mol. The molecule has 1 amide bonds. The molecule has 0 N–H and O–H groups in total. The summed E-state index contributed by atoms with van der Waals surface area (Å²) in [5.74, 6) is -0.661. The van der Waals surface area contributed by atoms with Crippen LogP contribution in [0.1, 0.15) is 18.4 Å². The first kappa shape index (κ1) is 20.0. The lowest BCUT2D eigenvalue weighted by molar-refractivity contribution is -0.150. The van der Waals surface area contributed by atoms with Crippen LogP contribution in [0.2, 0.25) is 0 Å². The molecule has 30 heavy (non-hydrogen) atoms. The molecule has 0 aliphatic heterocycles. The van der Waals surface area contributed by atoms with E-state index < -0.39 is 5.41 Å². The summed E-state index contributed by atoms with van der Waals surface area (Å²) in [6, 6.07) is 19.4. The molecule has 1 heterocycles. The molecular weight excluding hydrogens is 396 g/mol. The van der Waals surface area contributed by atoms with Gasteiger partial charge in [0.15, 0.2) is 11.7 Å². The van der Waals surface area contributed by atoms with Crippen LogP contribution in [0, 0.1) is 0 Å². The first-order valence-electron chi connectivity index (χ1n) is 9.79. The topological polar surface area (TPSA) is 59.5 Å². The van der Waals surface area contributed by atoms with Gasteiger partial charge in [-0.25, -0.2) is 4.98 Å². The molecule has 1 aliphatic rings. The minimum absolute atomic E-state index is 0.294. The number of carbonyl (C=O) groups excluding carboxylic acids is 2. The third-order valence-electron chi connectivity index (χ3n) is 5.20. The van der Waals surface area contributed by atoms with Crippen LogP contribution in [0.3, 0.4) is 0 Å². The summed E-state index contributed by atoms with van der Waals surface area (Å²) in [5, 5.41) is 2.47. The monoisotopic (exact) mass is 418 g/mol. The minimum atomic E-state index is -0.605. The van der Waals surface area contributed by atoms with Crippen molar-refractivity contribution in [1.82, 2.24) is 4.98 Å². The maximum atomic E-state index is 12.8. The third kappa shape index (κ3) is 4.04. The van der Waals surface area contributed by atoms with Gasteiger partial charge in [0.1, 0.15) is 0 Å². The molecule has 0 atom stereocenters. The van der Waals surface area contributed by atoms with Gasteiger partial charge in [-0.1, -0.05) is 66.7 Å². The van der Waals surface area contributed by atoms with Gasteiger partial charge in [0.05, 0.1) is 11.1 Å².